The van der Waals surface area contributed by atoms with Crippen LogP contribution in [-0.4, -0.2) is 77.3 Å². The Bertz CT molecular complexity index is 1460. The van der Waals surface area contributed by atoms with Crippen LogP contribution in [0.5, 0.6) is 11.9 Å². The second kappa shape index (κ2) is 13.0. The van der Waals surface area contributed by atoms with E-state index in [0.29, 0.717) is 38.0 Å². The van der Waals surface area contributed by atoms with E-state index in [1.54, 1.807) is 18.9 Å². The van der Waals surface area contributed by atoms with Gasteiger partial charge in [0, 0.05) is 31.6 Å². The lowest BCUT2D eigenvalue weighted by atomic mass is 9.85. The Balaban J connectivity index is 0.00000207. The van der Waals surface area contributed by atoms with Crippen LogP contribution in [-0.2, 0) is 0 Å². The van der Waals surface area contributed by atoms with Gasteiger partial charge in [-0.1, -0.05) is 20.8 Å². The lowest BCUT2D eigenvalue weighted by Crippen LogP contribution is -2.59. The Kier molecular flexibility index (Phi) is 9.85. The number of aromatic nitrogens is 3. The molecule has 13 heteroatoms. The number of benzene rings is 1. The van der Waals surface area contributed by atoms with Crippen LogP contribution < -0.4 is 25.8 Å². The van der Waals surface area contributed by atoms with Crippen LogP contribution in [0.3, 0.4) is 0 Å². The number of nitrogen functional groups attached to an aromatic ring is 1. The molecule has 5 rings (SSSR count). The molecule has 0 saturated carbocycles. The Labute approximate surface area is 249 Å². The summed E-state index contributed by atoms with van der Waals surface area (Å²) in [4.78, 5) is 14.9. The van der Waals surface area contributed by atoms with Gasteiger partial charge in [-0.15, -0.1) is 0 Å². The summed E-state index contributed by atoms with van der Waals surface area (Å²) in [5.41, 5.74) is 4.82. The second-order valence-corrected chi connectivity index (χ2v) is 11.0. The van der Waals surface area contributed by atoms with Gasteiger partial charge in [0.15, 0.2) is 11.6 Å². The van der Waals surface area contributed by atoms with Crippen molar-refractivity contribution in [2.24, 2.45) is 0 Å². The molecule has 0 radical (unpaired) electrons. The summed E-state index contributed by atoms with van der Waals surface area (Å²) in [6.07, 6.45) is 0.525. The van der Waals surface area contributed by atoms with Crippen molar-refractivity contribution in [3.8, 4) is 23.1 Å². The summed E-state index contributed by atoms with van der Waals surface area (Å²) in [6, 6.07) is 2.70. The number of rotatable bonds is 11. The van der Waals surface area contributed by atoms with Crippen molar-refractivity contribution in [1.29, 1.82) is 0 Å². The molecule has 2 atom stereocenters. The molecule has 0 bridgehead atoms. The van der Waals surface area contributed by atoms with E-state index in [0.717, 1.165) is 0 Å². The maximum Gasteiger partial charge on any atom is 0.319 e. The topological polar surface area (TPSA) is 110 Å². The Morgan fingerprint density at radius 3 is 2.49 bits per heavy atom. The van der Waals surface area contributed by atoms with E-state index in [1.165, 1.54) is 12.1 Å². The first-order valence-corrected chi connectivity index (χ1v) is 14.7. The van der Waals surface area contributed by atoms with E-state index in [1.807, 2.05) is 27.7 Å². The quantitative estimate of drug-likeness (QED) is 0.147. The van der Waals surface area contributed by atoms with Crippen LogP contribution in [0.25, 0.3) is 22.2 Å². The molecule has 2 fully saturated rings. The average Bonchev–Trinajstić information content (AvgIpc) is 3.15. The van der Waals surface area contributed by atoms with Crippen molar-refractivity contribution >= 4 is 22.4 Å². The molecule has 0 aliphatic carbocycles. The van der Waals surface area contributed by atoms with Gasteiger partial charge in [0.1, 0.15) is 29.0 Å². The molecule has 43 heavy (non-hydrogen) atoms. The number of hydrogen-bond acceptors (Lipinski definition) is 9. The van der Waals surface area contributed by atoms with Gasteiger partial charge in [-0.05, 0) is 51.4 Å². The maximum atomic E-state index is 16.3. The largest absolute Gasteiger partial charge is 0.474 e. The molecule has 9 nitrogen and oxygen atoms in total. The van der Waals surface area contributed by atoms with Crippen molar-refractivity contribution in [2.75, 3.05) is 50.9 Å². The average molecular weight is 608 g/mol. The molecule has 2 saturated heterocycles. The number of halogens is 4. The van der Waals surface area contributed by atoms with E-state index < -0.39 is 23.1 Å². The van der Waals surface area contributed by atoms with E-state index in [2.05, 4.69) is 25.6 Å². The van der Waals surface area contributed by atoms with E-state index in [-0.39, 0.29) is 71.2 Å². The molecule has 0 spiro atoms. The number of ether oxygens (including phenoxy) is 2. The fourth-order valence-corrected chi connectivity index (χ4v) is 5.39. The standard InChI is InChI=1S/C28H35F4N7O2.C2H6/c1-5-16(3)41-25-19-23(21(30)22(36-25)17-10-15(2)11-18(33)20(17)29)37-26(38-24(19)35-8-7-34-4)40-14-27-6-9-39(27)13-28(31,32)12-27;1-2/h10-11,16,34H,5-9,12-14,33H2,1-4H3,(H,35,37,38);1-2H3. The molecule has 0 amide bonds. The number of nitrogens with zero attached hydrogens (tertiary/aromatic N) is 4. The van der Waals surface area contributed by atoms with Gasteiger partial charge in [-0.25, -0.2) is 22.5 Å². The predicted molar refractivity (Wildman–Crippen MR) is 160 cm³/mol. The molecule has 2 aromatic heterocycles. The summed E-state index contributed by atoms with van der Waals surface area (Å²) in [7, 11) is 1.78. The Hall–Kier alpha value is -3.45. The minimum Gasteiger partial charge on any atom is -0.474 e. The zero-order valence-corrected chi connectivity index (χ0v) is 25.6. The predicted octanol–water partition coefficient (Wildman–Crippen LogP) is 5.56. The van der Waals surface area contributed by atoms with Crippen molar-refractivity contribution in [2.45, 2.75) is 71.4 Å². The number of hydrogen-bond donors (Lipinski definition) is 3. The van der Waals surface area contributed by atoms with Gasteiger partial charge < -0.3 is 25.8 Å². The van der Waals surface area contributed by atoms with Crippen molar-refractivity contribution in [3.05, 3.63) is 29.3 Å². The number of nitrogens with two attached hydrogens (primary N) is 1. The van der Waals surface area contributed by atoms with Crippen LogP contribution in [0, 0.1) is 18.6 Å². The van der Waals surface area contributed by atoms with Crippen molar-refractivity contribution in [1.82, 2.24) is 25.2 Å². The molecule has 236 valence electrons. The number of pyridine rings is 1. The molecule has 2 aliphatic rings. The second-order valence-electron chi connectivity index (χ2n) is 11.0. The first-order chi connectivity index (χ1) is 20.5. The summed E-state index contributed by atoms with van der Waals surface area (Å²) < 4.78 is 71.8. The van der Waals surface area contributed by atoms with E-state index in [9.17, 15) is 8.78 Å². The van der Waals surface area contributed by atoms with Gasteiger partial charge in [-0.3, -0.25) is 4.90 Å². The van der Waals surface area contributed by atoms with Crippen molar-refractivity contribution < 1.29 is 27.0 Å². The lowest BCUT2D eigenvalue weighted by Gasteiger charge is -2.46. The van der Waals surface area contributed by atoms with Crippen molar-refractivity contribution in [3.63, 3.8) is 0 Å². The highest BCUT2D eigenvalue weighted by Gasteiger charge is 2.60. The van der Waals surface area contributed by atoms with Crippen LogP contribution in [0.4, 0.5) is 29.1 Å². The molecule has 1 aromatic carbocycles. The Morgan fingerprint density at radius 1 is 1.12 bits per heavy atom. The third kappa shape index (κ3) is 6.57. The van der Waals surface area contributed by atoms with Gasteiger partial charge in [0.25, 0.3) is 5.92 Å². The monoisotopic (exact) mass is 607 g/mol. The normalized spacial score (nSPS) is 19.7. The highest BCUT2D eigenvalue weighted by Crippen LogP contribution is 2.47. The SMILES string of the molecule is CC.CCC(C)Oc1nc(-c2cc(C)cc(N)c2F)c(F)c2nc(OCC34CCN3CC(F)(F)C4)nc(NCCNC)c12. The third-order valence-corrected chi connectivity index (χ3v) is 7.78. The van der Waals surface area contributed by atoms with Gasteiger partial charge >= 0.3 is 6.01 Å². The van der Waals surface area contributed by atoms with Gasteiger partial charge in [0.2, 0.25) is 5.88 Å². The van der Waals surface area contributed by atoms with E-state index >= 15 is 8.78 Å². The molecule has 2 aliphatic heterocycles. The highest BCUT2D eigenvalue weighted by molar-refractivity contribution is 5.96. The van der Waals surface area contributed by atoms with E-state index in [4.69, 9.17) is 15.2 Å². The van der Waals surface area contributed by atoms with Crippen LogP contribution >= 0.6 is 0 Å². The Morgan fingerprint density at radius 2 is 1.86 bits per heavy atom. The zero-order valence-electron chi connectivity index (χ0n) is 25.6. The lowest BCUT2D eigenvalue weighted by molar-refractivity contribution is -0.0132. The molecular weight excluding hydrogens is 566 g/mol. The minimum absolute atomic E-state index is 0.0166. The summed E-state index contributed by atoms with van der Waals surface area (Å²) in [5, 5.41) is 6.32. The summed E-state index contributed by atoms with van der Waals surface area (Å²) in [6.45, 7) is 10.6. The fraction of sp³-hybridized carbons (Fsp3) is 0.567. The number of nitrogens with one attached hydrogen (secondary N) is 2. The summed E-state index contributed by atoms with van der Waals surface area (Å²) >= 11 is 0. The third-order valence-electron chi connectivity index (χ3n) is 7.78. The van der Waals surface area contributed by atoms with Crippen LogP contribution in [0.15, 0.2) is 12.1 Å². The number of aryl methyl sites for hydroxylation is 1. The number of anilines is 2. The fourth-order valence-electron chi connectivity index (χ4n) is 5.39. The molecule has 4 heterocycles. The zero-order chi connectivity index (χ0) is 31.5. The molecule has 2 unspecified atom stereocenters. The number of fused-ring (bicyclic) bond motifs is 2. The van der Waals surface area contributed by atoms with Gasteiger partial charge in [-0.2, -0.15) is 9.97 Å². The first kappa shape index (κ1) is 32.5. The maximum absolute atomic E-state index is 16.3. The van der Waals surface area contributed by atoms with Crippen LogP contribution in [0.2, 0.25) is 0 Å². The molecular formula is C30H41F4N7O2. The van der Waals surface area contributed by atoms with Gasteiger partial charge in [0.05, 0.1) is 23.9 Å². The number of likely N-dealkylation sites (N-methyl/N-ethyl adjacent to an activating group) is 1. The number of alkyl halides is 2. The molecule has 4 N–H and O–H groups in total. The van der Waals surface area contributed by atoms with Crippen LogP contribution in [0.1, 0.15) is 52.5 Å². The highest BCUT2D eigenvalue weighted by atomic mass is 19.3. The summed E-state index contributed by atoms with van der Waals surface area (Å²) in [5.74, 6) is -4.33. The smallest absolute Gasteiger partial charge is 0.319 e. The molecule has 3 aromatic rings. The minimum atomic E-state index is -2.81. The first-order valence-electron chi connectivity index (χ1n) is 14.7.